The SMILES string of the molecule is O=C(O)C(=O)OP(=O)(O)O.[Mn].[Mn]. The van der Waals surface area contributed by atoms with Gasteiger partial charge in [-0.3, -0.25) is 9.79 Å². The summed E-state index contributed by atoms with van der Waals surface area (Å²) in [6.45, 7) is 0. The molecule has 0 bridgehead atoms. The van der Waals surface area contributed by atoms with E-state index >= 15 is 0 Å². The van der Waals surface area contributed by atoms with Crippen molar-refractivity contribution in [1.29, 1.82) is 0 Å². The van der Waals surface area contributed by atoms with Crippen LogP contribution in [0.5, 0.6) is 0 Å². The maximum absolute atomic E-state index is 9.84. The number of phosphoric ester groups is 1. The molecule has 0 aromatic carbocycles. The topological polar surface area (TPSA) is 121 Å². The molecule has 0 aliphatic heterocycles. The van der Waals surface area contributed by atoms with Crippen LogP contribution in [0.4, 0.5) is 0 Å². The zero-order valence-corrected chi connectivity index (χ0v) is 8.43. The number of hydrogen-bond donors (Lipinski definition) is 3. The maximum Gasteiger partial charge on any atom is 0.527 e. The van der Waals surface area contributed by atoms with Gasteiger partial charge in [0.15, 0.2) is 0 Å². The van der Waals surface area contributed by atoms with Crippen LogP contribution in [0, 0.1) is 0 Å². The van der Waals surface area contributed by atoms with Gasteiger partial charge in [0.2, 0.25) is 0 Å². The van der Waals surface area contributed by atoms with Gasteiger partial charge in [-0.1, -0.05) is 0 Å². The number of aliphatic carboxylic acids is 1. The summed E-state index contributed by atoms with van der Waals surface area (Å²) in [5, 5.41) is 7.73. The van der Waals surface area contributed by atoms with Gasteiger partial charge in [-0.2, -0.15) is 0 Å². The van der Waals surface area contributed by atoms with Crippen LogP contribution >= 0.6 is 7.82 Å². The monoisotopic (exact) mass is 280 g/mol. The second kappa shape index (κ2) is 6.62. The van der Waals surface area contributed by atoms with Gasteiger partial charge in [0, 0.05) is 34.1 Å². The minimum Gasteiger partial charge on any atom is -0.473 e. The largest absolute Gasteiger partial charge is 0.527 e. The predicted octanol–water partition coefficient (Wildman–Crippen LogP) is -1.30. The van der Waals surface area contributed by atoms with E-state index in [0.717, 1.165) is 0 Å². The molecule has 0 aromatic rings. The molecule has 0 unspecified atom stereocenters. The third-order valence-corrected chi connectivity index (χ3v) is 0.780. The van der Waals surface area contributed by atoms with E-state index in [2.05, 4.69) is 4.52 Å². The van der Waals surface area contributed by atoms with Crippen molar-refractivity contribution >= 4 is 19.8 Å². The Balaban J connectivity index is -0.000000405. The molecule has 0 fully saturated rings. The summed E-state index contributed by atoms with van der Waals surface area (Å²) in [5.74, 6) is -4.03. The summed E-state index contributed by atoms with van der Waals surface area (Å²) in [4.78, 5) is 35.1. The third-order valence-electron chi connectivity index (χ3n) is 0.376. The Hall–Kier alpha value is 0.129. The van der Waals surface area contributed by atoms with Crippen molar-refractivity contribution in [2.24, 2.45) is 0 Å². The Morgan fingerprint density at radius 2 is 1.50 bits per heavy atom. The van der Waals surface area contributed by atoms with Crippen LogP contribution in [0.2, 0.25) is 0 Å². The van der Waals surface area contributed by atoms with Crippen molar-refractivity contribution in [3.63, 3.8) is 0 Å². The Morgan fingerprint density at radius 1 is 1.17 bits per heavy atom. The molecule has 0 heterocycles. The van der Waals surface area contributed by atoms with Crippen LogP contribution in [-0.2, 0) is 52.8 Å². The fourth-order valence-electron chi connectivity index (χ4n) is 0.147. The van der Waals surface area contributed by atoms with Crippen LogP contribution in [0.25, 0.3) is 0 Å². The molecule has 0 aliphatic rings. The van der Waals surface area contributed by atoms with Gasteiger partial charge in [0.1, 0.15) is 0 Å². The van der Waals surface area contributed by atoms with Crippen LogP contribution in [0.1, 0.15) is 0 Å². The molecule has 12 heavy (non-hydrogen) atoms. The van der Waals surface area contributed by atoms with Gasteiger partial charge in [0.05, 0.1) is 0 Å². The van der Waals surface area contributed by atoms with E-state index < -0.39 is 19.8 Å². The molecular weight excluding hydrogens is 277 g/mol. The van der Waals surface area contributed by atoms with Gasteiger partial charge in [-0.25, -0.2) is 14.2 Å². The molecule has 3 N–H and O–H groups in total. The Bertz CT molecular complexity index is 207. The number of carbonyl (C=O) groups is 2. The molecule has 0 saturated carbocycles. The van der Waals surface area contributed by atoms with Crippen molar-refractivity contribution in [3.8, 4) is 0 Å². The molecular formula is C2H3Mn2O7P. The first-order valence-corrected chi connectivity index (χ1v) is 3.38. The van der Waals surface area contributed by atoms with Crippen molar-refractivity contribution in [3.05, 3.63) is 0 Å². The quantitative estimate of drug-likeness (QED) is 0.310. The van der Waals surface area contributed by atoms with E-state index in [4.69, 9.17) is 14.9 Å². The molecule has 0 aromatic heterocycles. The van der Waals surface area contributed by atoms with Gasteiger partial charge >= 0.3 is 19.8 Å². The van der Waals surface area contributed by atoms with E-state index in [1.54, 1.807) is 0 Å². The Labute approximate surface area is 87.7 Å². The molecule has 72 valence electrons. The van der Waals surface area contributed by atoms with Crippen molar-refractivity contribution < 1.29 is 67.7 Å². The molecule has 2 radical (unpaired) electrons. The summed E-state index contributed by atoms with van der Waals surface area (Å²) >= 11 is 0. The average Bonchev–Trinajstić information content (AvgIpc) is 1.60. The number of phosphoric acid groups is 1. The normalized spacial score (nSPS) is 8.83. The van der Waals surface area contributed by atoms with E-state index in [1.165, 1.54) is 0 Å². The molecule has 0 atom stereocenters. The van der Waals surface area contributed by atoms with Crippen molar-refractivity contribution in [2.75, 3.05) is 0 Å². The van der Waals surface area contributed by atoms with Gasteiger partial charge in [-0.05, 0) is 0 Å². The van der Waals surface area contributed by atoms with Crippen LogP contribution in [-0.4, -0.2) is 26.8 Å². The first-order chi connectivity index (χ1) is 4.33. The first kappa shape index (κ1) is 18.0. The van der Waals surface area contributed by atoms with E-state index in [-0.39, 0.29) is 34.1 Å². The fraction of sp³-hybridized carbons (Fsp3) is 0. The van der Waals surface area contributed by atoms with Crippen molar-refractivity contribution in [2.45, 2.75) is 0 Å². The van der Waals surface area contributed by atoms with Gasteiger partial charge in [-0.15, -0.1) is 0 Å². The molecule has 0 rings (SSSR count). The molecule has 0 aliphatic carbocycles. The standard InChI is InChI=1S/C2H3O7P.2Mn/c3-1(4)2(5)9-10(6,7)8;;/h(H,3,4)(H2,6,7,8);;. The summed E-state index contributed by atoms with van der Waals surface area (Å²) < 4.78 is 12.9. The second-order valence-corrected chi connectivity index (χ2v) is 2.34. The first-order valence-electron chi connectivity index (χ1n) is 1.85. The smallest absolute Gasteiger partial charge is 0.473 e. The average molecular weight is 280 g/mol. The number of hydrogen-bond acceptors (Lipinski definition) is 4. The minimum absolute atomic E-state index is 0. The van der Waals surface area contributed by atoms with E-state index in [9.17, 15) is 14.2 Å². The molecule has 0 spiro atoms. The van der Waals surface area contributed by atoms with E-state index in [1.807, 2.05) is 0 Å². The number of carbonyl (C=O) groups excluding carboxylic acids is 1. The maximum atomic E-state index is 9.84. The molecule has 7 nitrogen and oxygen atoms in total. The van der Waals surface area contributed by atoms with Crippen LogP contribution < -0.4 is 0 Å². The van der Waals surface area contributed by atoms with Gasteiger partial charge in [0.25, 0.3) is 0 Å². The molecule has 10 heteroatoms. The van der Waals surface area contributed by atoms with Gasteiger partial charge < -0.3 is 9.63 Å². The number of carboxylic acids is 1. The Kier molecular flexibility index (Phi) is 9.95. The number of rotatable bonds is 1. The summed E-state index contributed by atoms with van der Waals surface area (Å²) in [5.41, 5.74) is 0. The van der Waals surface area contributed by atoms with Crippen molar-refractivity contribution in [1.82, 2.24) is 0 Å². The predicted molar refractivity (Wildman–Crippen MR) is 25.8 cm³/mol. The molecule has 0 amide bonds. The summed E-state index contributed by atoms with van der Waals surface area (Å²) in [7, 11) is -5.01. The van der Waals surface area contributed by atoms with Crippen LogP contribution in [0.3, 0.4) is 0 Å². The summed E-state index contributed by atoms with van der Waals surface area (Å²) in [6.07, 6.45) is 0. The molecule has 0 saturated heterocycles. The van der Waals surface area contributed by atoms with Crippen LogP contribution in [0.15, 0.2) is 0 Å². The third kappa shape index (κ3) is 10.1. The zero-order valence-electron chi connectivity index (χ0n) is 5.18. The zero-order chi connectivity index (χ0) is 8.36. The summed E-state index contributed by atoms with van der Waals surface area (Å²) in [6, 6.07) is 0. The number of carboxylic acid groups (broad SMARTS) is 1. The Morgan fingerprint density at radius 3 is 1.58 bits per heavy atom. The minimum atomic E-state index is -5.01. The second-order valence-electron chi connectivity index (χ2n) is 1.17. The van der Waals surface area contributed by atoms with E-state index in [0.29, 0.717) is 0 Å². The fourth-order valence-corrected chi connectivity index (χ4v) is 0.441.